The third kappa shape index (κ3) is 4.12. The summed E-state index contributed by atoms with van der Waals surface area (Å²) in [6, 6.07) is 5.99. The zero-order valence-corrected chi connectivity index (χ0v) is 16.8. The third-order valence-electron chi connectivity index (χ3n) is 4.68. The molecule has 1 fully saturated rings. The van der Waals surface area contributed by atoms with E-state index in [1.807, 2.05) is 18.2 Å². The van der Waals surface area contributed by atoms with Gasteiger partial charge in [0, 0.05) is 12.1 Å². The topological polar surface area (TPSA) is 55.4 Å². The Morgan fingerprint density at radius 2 is 1.64 bits per heavy atom. The average Bonchev–Trinajstić information content (AvgIpc) is 3.04. The molecule has 1 aliphatic rings. The number of alkyl halides is 2. The molecular weight excluding hydrogens is 361 g/mol. The Morgan fingerprint density at radius 3 is 2.04 bits per heavy atom. The minimum absolute atomic E-state index is 0.259. The van der Waals surface area contributed by atoms with Crippen molar-refractivity contribution < 1.29 is 14.3 Å². The van der Waals surface area contributed by atoms with Gasteiger partial charge in [-0.05, 0) is 29.9 Å². The van der Waals surface area contributed by atoms with Gasteiger partial charge in [0.2, 0.25) is 0 Å². The molecule has 1 atom stereocenters. The maximum absolute atomic E-state index is 12.3. The lowest BCUT2D eigenvalue weighted by atomic mass is 9.92. The Kier molecular flexibility index (Phi) is 5.75. The van der Waals surface area contributed by atoms with Crippen LogP contribution in [0.25, 0.3) is 0 Å². The van der Waals surface area contributed by atoms with Crippen LogP contribution in [0.5, 0.6) is 0 Å². The molecule has 0 radical (unpaired) electrons. The molecule has 1 aliphatic carbocycles. The van der Waals surface area contributed by atoms with E-state index in [-0.39, 0.29) is 24.3 Å². The highest BCUT2D eigenvalue weighted by Crippen LogP contribution is 2.64. The van der Waals surface area contributed by atoms with Crippen LogP contribution >= 0.6 is 23.2 Å². The van der Waals surface area contributed by atoms with Crippen molar-refractivity contribution in [2.24, 2.45) is 5.41 Å². The van der Waals surface area contributed by atoms with Crippen molar-refractivity contribution in [1.29, 1.82) is 0 Å². The number of para-hydroxylation sites is 1. The quantitative estimate of drug-likeness (QED) is 0.553. The molecule has 0 aliphatic heterocycles. The SMILES string of the molecule is CC(C)c1cccc(C(C)C)c1NC(=O)COC(=O)[C@@]1(C)CC1(Cl)Cl. The zero-order chi connectivity index (χ0) is 19.0. The second kappa shape index (κ2) is 7.16. The van der Waals surface area contributed by atoms with E-state index in [0.717, 1.165) is 16.8 Å². The lowest BCUT2D eigenvalue weighted by Crippen LogP contribution is -2.27. The average molecular weight is 386 g/mol. The number of esters is 1. The number of amides is 1. The monoisotopic (exact) mass is 385 g/mol. The second-order valence-corrected chi connectivity index (χ2v) is 8.94. The Morgan fingerprint density at radius 1 is 1.16 bits per heavy atom. The van der Waals surface area contributed by atoms with E-state index in [1.54, 1.807) is 6.92 Å². The highest BCUT2D eigenvalue weighted by atomic mass is 35.5. The molecule has 0 aromatic heterocycles. The van der Waals surface area contributed by atoms with Crippen LogP contribution in [-0.2, 0) is 14.3 Å². The van der Waals surface area contributed by atoms with Crippen LogP contribution in [0.1, 0.15) is 64.0 Å². The standard InChI is InChI=1S/C19H25Cl2NO3/c1-11(2)13-7-6-8-14(12(3)4)16(13)22-15(23)9-25-17(24)18(5)10-19(18,20)21/h6-8,11-12H,9-10H2,1-5H3,(H,22,23)/t18-/m1/s1. The Bertz CT molecular complexity index is 659. The summed E-state index contributed by atoms with van der Waals surface area (Å²) in [5.74, 6) is -0.402. The first-order valence-corrected chi connectivity index (χ1v) is 9.23. The number of rotatable bonds is 6. The Balaban J connectivity index is 2.07. The molecule has 1 saturated carbocycles. The third-order valence-corrected chi connectivity index (χ3v) is 5.78. The fraction of sp³-hybridized carbons (Fsp3) is 0.579. The van der Waals surface area contributed by atoms with Crippen molar-refractivity contribution in [2.45, 2.75) is 57.2 Å². The van der Waals surface area contributed by atoms with Crippen LogP contribution in [0.4, 0.5) is 5.69 Å². The van der Waals surface area contributed by atoms with E-state index >= 15 is 0 Å². The van der Waals surface area contributed by atoms with Crippen LogP contribution in [0.2, 0.25) is 0 Å². The van der Waals surface area contributed by atoms with Gasteiger partial charge in [0.1, 0.15) is 9.75 Å². The largest absolute Gasteiger partial charge is 0.455 e. The van der Waals surface area contributed by atoms with Gasteiger partial charge in [-0.2, -0.15) is 0 Å². The van der Waals surface area contributed by atoms with Gasteiger partial charge in [-0.3, -0.25) is 9.59 Å². The summed E-state index contributed by atoms with van der Waals surface area (Å²) < 4.78 is 4.02. The number of nitrogens with one attached hydrogen (secondary N) is 1. The summed E-state index contributed by atoms with van der Waals surface area (Å²) in [7, 11) is 0. The number of halogens is 2. The number of benzene rings is 1. The van der Waals surface area contributed by atoms with E-state index < -0.39 is 15.7 Å². The van der Waals surface area contributed by atoms with E-state index in [1.165, 1.54) is 0 Å². The highest BCUT2D eigenvalue weighted by molar-refractivity contribution is 6.53. The first kappa shape index (κ1) is 20.1. The summed E-state index contributed by atoms with van der Waals surface area (Å²) in [5.41, 5.74) is 1.98. The summed E-state index contributed by atoms with van der Waals surface area (Å²) in [6.45, 7) is 9.57. The van der Waals surface area contributed by atoms with E-state index in [4.69, 9.17) is 27.9 Å². The number of anilines is 1. The molecule has 138 valence electrons. The molecule has 0 heterocycles. The minimum Gasteiger partial charge on any atom is -0.455 e. The van der Waals surface area contributed by atoms with Crippen molar-refractivity contribution >= 4 is 40.8 Å². The van der Waals surface area contributed by atoms with Crippen LogP contribution in [0.15, 0.2) is 18.2 Å². The first-order chi connectivity index (χ1) is 11.5. The number of carbonyl (C=O) groups excluding carboxylic acids is 2. The van der Waals surface area contributed by atoms with Gasteiger partial charge in [0.05, 0.1) is 0 Å². The van der Waals surface area contributed by atoms with Crippen LogP contribution < -0.4 is 5.32 Å². The van der Waals surface area contributed by atoms with Crippen molar-refractivity contribution in [3.05, 3.63) is 29.3 Å². The number of hydrogen-bond acceptors (Lipinski definition) is 3. The van der Waals surface area contributed by atoms with E-state index in [0.29, 0.717) is 6.42 Å². The van der Waals surface area contributed by atoms with Crippen molar-refractivity contribution in [1.82, 2.24) is 0 Å². The van der Waals surface area contributed by atoms with Crippen LogP contribution in [0, 0.1) is 5.41 Å². The zero-order valence-electron chi connectivity index (χ0n) is 15.3. The Hall–Kier alpha value is -1.26. The Labute approximate surface area is 159 Å². The van der Waals surface area contributed by atoms with Gasteiger partial charge >= 0.3 is 5.97 Å². The molecular formula is C19H25Cl2NO3. The van der Waals surface area contributed by atoms with Crippen molar-refractivity contribution in [2.75, 3.05) is 11.9 Å². The van der Waals surface area contributed by atoms with Crippen molar-refractivity contribution in [3.8, 4) is 0 Å². The molecule has 1 aromatic rings. The summed E-state index contributed by atoms with van der Waals surface area (Å²) >= 11 is 11.9. The summed E-state index contributed by atoms with van der Waals surface area (Å²) in [4.78, 5) is 24.4. The van der Waals surface area contributed by atoms with Gasteiger partial charge in [-0.25, -0.2) is 0 Å². The van der Waals surface area contributed by atoms with Gasteiger partial charge in [-0.15, -0.1) is 23.2 Å². The molecule has 6 heteroatoms. The lowest BCUT2D eigenvalue weighted by Gasteiger charge is -2.20. The molecule has 4 nitrogen and oxygen atoms in total. The number of ether oxygens (including phenoxy) is 1. The molecule has 1 amide bonds. The van der Waals surface area contributed by atoms with Crippen LogP contribution in [-0.4, -0.2) is 22.8 Å². The number of carbonyl (C=O) groups is 2. The van der Waals surface area contributed by atoms with Gasteiger partial charge in [0.15, 0.2) is 6.61 Å². The van der Waals surface area contributed by atoms with Gasteiger partial charge in [-0.1, -0.05) is 45.9 Å². The van der Waals surface area contributed by atoms with E-state index in [2.05, 4.69) is 33.0 Å². The summed E-state index contributed by atoms with van der Waals surface area (Å²) in [5, 5.41) is 2.91. The molecule has 0 unspecified atom stereocenters. The second-order valence-electron chi connectivity index (χ2n) is 7.46. The fourth-order valence-corrected chi connectivity index (χ4v) is 3.47. The smallest absolute Gasteiger partial charge is 0.315 e. The van der Waals surface area contributed by atoms with Crippen molar-refractivity contribution in [3.63, 3.8) is 0 Å². The molecule has 25 heavy (non-hydrogen) atoms. The normalized spacial score (nSPS) is 21.3. The summed E-state index contributed by atoms with van der Waals surface area (Å²) in [6.07, 6.45) is 0.331. The molecule has 1 N–H and O–H groups in total. The predicted molar refractivity (Wildman–Crippen MR) is 101 cm³/mol. The maximum Gasteiger partial charge on any atom is 0.315 e. The van der Waals surface area contributed by atoms with Gasteiger partial charge in [0.25, 0.3) is 5.91 Å². The molecule has 0 spiro atoms. The lowest BCUT2D eigenvalue weighted by molar-refractivity contribution is -0.152. The molecule has 0 saturated heterocycles. The van der Waals surface area contributed by atoms with E-state index in [9.17, 15) is 9.59 Å². The minimum atomic E-state index is -1.10. The van der Waals surface area contributed by atoms with Gasteiger partial charge < -0.3 is 10.1 Å². The molecule has 1 aromatic carbocycles. The first-order valence-electron chi connectivity index (χ1n) is 8.47. The van der Waals surface area contributed by atoms with Crippen LogP contribution in [0.3, 0.4) is 0 Å². The predicted octanol–water partition coefficient (Wildman–Crippen LogP) is 5.00. The maximum atomic E-state index is 12.3. The fourth-order valence-electron chi connectivity index (χ4n) is 2.78. The molecule has 0 bridgehead atoms. The number of hydrogen-bond donors (Lipinski definition) is 1. The highest BCUT2D eigenvalue weighted by Gasteiger charge is 2.69. The molecule has 2 rings (SSSR count).